The van der Waals surface area contributed by atoms with Crippen molar-refractivity contribution in [1.82, 2.24) is 4.90 Å². The molecule has 0 bridgehead atoms. The summed E-state index contributed by atoms with van der Waals surface area (Å²) in [6.07, 6.45) is 2.70. The molecule has 100 valence electrons. The van der Waals surface area contributed by atoms with Crippen molar-refractivity contribution in [2.45, 2.75) is 24.8 Å². The number of benzene rings is 1. The van der Waals surface area contributed by atoms with Crippen molar-refractivity contribution in [3.05, 3.63) is 30.1 Å². The molecule has 1 fully saturated rings. The number of para-hydroxylation sites is 1. The minimum Gasteiger partial charge on any atom is -0.394 e. The molecule has 0 aliphatic carbocycles. The van der Waals surface area contributed by atoms with Gasteiger partial charge in [0.15, 0.2) is 0 Å². The number of aliphatic hydroxyl groups is 1. The number of halogens is 1. The summed E-state index contributed by atoms with van der Waals surface area (Å²) in [6.45, 7) is 1.98. The molecule has 0 amide bonds. The molecule has 18 heavy (non-hydrogen) atoms. The van der Waals surface area contributed by atoms with Crippen LogP contribution in [0.25, 0.3) is 0 Å². The van der Waals surface area contributed by atoms with Gasteiger partial charge in [-0.25, -0.2) is 4.39 Å². The Morgan fingerprint density at radius 2 is 2.11 bits per heavy atom. The van der Waals surface area contributed by atoms with Crippen molar-refractivity contribution in [2.24, 2.45) is 0 Å². The fraction of sp³-hybridized carbons (Fsp3) is 0.571. The van der Waals surface area contributed by atoms with E-state index in [2.05, 4.69) is 17.3 Å². The fourth-order valence-electron chi connectivity index (χ4n) is 2.50. The zero-order valence-corrected chi connectivity index (χ0v) is 10.8. The highest BCUT2D eigenvalue weighted by Gasteiger charge is 2.31. The molecule has 2 N–H and O–H groups in total. The van der Waals surface area contributed by atoms with Crippen LogP contribution in [-0.4, -0.2) is 42.3 Å². The Bertz CT molecular complexity index is 399. The Kier molecular flexibility index (Phi) is 4.19. The number of hydrogen-bond donors (Lipinski definition) is 2. The molecule has 1 saturated heterocycles. The van der Waals surface area contributed by atoms with Gasteiger partial charge < -0.3 is 15.3 Å². The van der Waals surface area contributed by atoms with Gasteiger partial charge in [-0.3, -0.25) is 0 Å². The minimum atomic E-state index is -0.396. The third-order valence-corrected chi connectivity index (χ3v) is 3.74. The molecule has 1 heterocycles. The highest BCUT2D eigenvalue weighted by Crippen LogP contribution is 2.27. The summed E-state index contributed by atoms with van der Waals surface area (Å²) in [5.41, 5.74) is 0.0866. The van der Waals surface area contributed by atoms with Gasteiger partial charge in [-0.05, 0) is 45.0 Å². The Morgan fingerprint density at radius 3 is 2.83 bits per heavy atom. The van der Waals surface area contributed by atoms with E-state index in [4.69, 9.17) is 0 Å². The second kappa shape index (κ2) is 5.67. The molecule has 0 radical (unpaired) electrons. The maximum atomic E-state index is 13.7. The van der Waals surface area contributed by atoms with Crippen LogP contribution in [-0.2, 0) is 0 Å². The summed E-state index contributed by atoms with van der Waals surface area (Å²) in [7, 11) is 2.08. The quantitative estimate of drug-likeness (QED) is 0.864. The largest absolute Gasteiger partial charge is 0.394 e. The van der Waals surface area contributed by atoms with E-state index < -0.39 is 5.54 Å². The van der Waals surface area contributed by atoms with E-state index in [-0.39, 0.29) is 12.4 Å². The third-order valence-electron chi connectivity index (χ3n) is 3.74. The summed E-state index contributed by atoms with van der Waals surface area (Å²) in [5.74, 6) is -0.261. The summed E-state index contributed by atoms with van der Waals surface area (Å²) >= 11 is 0. The second-order valence-electron chi connectivity index (χ2n) is 5.20. The summed E-state index contributed by atoms with van der Waals surface area (Å²) in [5, 5.41) is 12.9. The summed E-state index contributed by atoms with van der Waals surface area (Å²) in [6, 6.07) is 6.64. The van der Waals surface area contributed by atoms with E-state index in [1.165, 1.54) is 6.07 Å². The van der Waals surface area contributed by atoms with Gasteiger partial charge in [0.2, 0.25) is 0 Å². The highest BCUT2D eigenvalue weighted by molar-refractivity contribution is 5.47. The molecule has 3 nitrogen and oxygen atoms in total. The SMILES string of the molecule is CN1CCCC(CO)(Nc2ccccc2F)CC1. The molecule has 1 aromatic rings. The van der Waals surface area contributed by atoms with E-state index in [9.17, 15) is 9.50 Å². The molecule has 1 aromatic carbocycles. The van der Waals surface area contributed by atoms with Crippen molar-refractivity contribution in [2.75, 3.05) is 32.1 Å². The lowest BCUT2D eigenvalue weighted by atomic mass is 9.91. The average molecular weight is 252 g/mol. The van der Waals surface area contributed by atoms with Crippen molar-refractivity contribution < 1.29 is 9.50 Å². The van der Waals surface area contributed by atoms with Gasteiger partial charge in [0, 0.05) is 6.54 Å². The average Bonchev–Trinajstić information content (AvgIpc) is 2.56. The van der Waals surface area contributed by atoms with Crippen LogP contribution in [0, 0.1) is 5.82 Å². The van der Waals surface area contributed by atoms with Crippen LogP contribution >= 0.6 is 0 Å². The number of anilines is 1. The Balaban J connectivity index is 2.15. The monoisotopic (exact) mass is 252 g/mol. The van der Waals surface area contributed by atoms with E-state index in [0.717, 1.165) is 32.4 Å². The molecular weight excluding hydrogens is 231 g/mol. The zero-order chi connectivity index (χ0) is 13.0. The van der Waals surface area contributed by atoms with Crippen LogP contribution in [0.3, 0.4) is 0 Å². The van der Waals surface area contributed by atoms with Gasteiger partial charge in [0.05, 0.1) is 17.8 Å². The van der Waals surface area contributed by atoms with E-state index >= 15 is 0 Å². The smallest absolute Gasteiger partial charge is 0.146 e. The molecule has 1 aliphatic rings. The molecule has 1 aliphatic heterocycles. The van der Waals surface area contributed by atoms with Gasteiger partial charge in [0.1, 0.15) is 5.82 Å². The first-order valence-electron chi connectivity index (χ1n) is 6.47. The second-order valence-corrected chi connectivity index (χ2v) is 5.20. The van der Waals surface area contributed by atoms with Crippen molar-refractivity contribution in [3.8, 4) is 0 Å². The van der Waals surface area contributed by atoms with Gasteiger partial charge in [-0.2, -0.15) is 0 Å². The van der Waals surface area contributed by atoms with Crippen LogP contribution in [0.4, 0.5) is 10.1 Å². The number of hydrogen-bond acceptors (Lipinski definition) is 3. The van der Waals surface area contributed by atoms with Crippen molar-refractivity contribution >= 4 is 5.69 Å². The molecule has 0 saturated carbocycles. The first-order chi connectivity index (χ1) is 8.65. The van der Waals surface area contributed by atoms with Crippen LogP contribution in [0.15, 0.2) is 24.3 Å². The highest BCUT2D eigenvalue weighted by atomic mass is 19.1. The Morgan fingerprint density at radius 1 is 1.33 bits per heavy atom. The third kappa shape index (κ3) is 3.00. The molecule has 2 rings (SSSR count). The lowest BCUT2D eigenvalue weighted by Crippen LogP contribution is -2.43. The van der Waals surface area contributed by atoms with Crippen LogP contribution < -0.4 is 5.32 Å². The number of rotatable bonds is 3. The van der Waals surface area contributed by atoms with Gasteiger partial charge in [-0.15, -0.1) is 0 Å². The standard InChI is InChI=1S/C14H21FN2O/c1-17-9-4-7-14(11-18,8-10-17)16-13-6-3-2-5-12(13)15/h2-3,5-6,16,18H,4,7-11H2,1H3. The van der Waals surface area contributed by atoms with E-state index in [1.54, 1.807) is 18.2 Å². The van der Waals surface area contributed by atoms with Gasteiger partial charge in [0.25, 0.3) is 0 Å². The number of nitrogens with zero attached hydrogens (tertiary/aromatic N) is 1. The first kappa shape index (κ1) is 13.3. The van der Waals surface area contributed by atoms with E-state index in [0.29, 0.717) is 5.69 Å². The molecule has 0 spiro atoms. The topological polar surface area (TPSA) is 35.5 Å². The predicted molar refractivity (Wildman–Crippen MR) is 71.2 cm³/mol. The summed E-state index contributed by atoms with van der Waals surface area (Å²) < 4.78 is 13.7. The van der Waals surface area contributed by atoms with Crippen molar-refractivity contribution in [3.63, 3.8) is 0 Å². The Labute approximate surface area is 108 Å². The van der Waals surface area contributed by atoms with Crippen LogP contribution in [0.2, 0.25) is 0 Å². The van der Waals surface area contributed by atoms with E-state index in [1.807, 2.05) is 0 Å². The maximum Gasteiger partial charge on any atom is 0.146 e. The van der Waals surface area contributed by atoms with Crippen LogP contribution in [0.1, 0.15) is 19.3 Å². The molecule has 1 unspecified atom stereocenters. The lowest BCUT2D eigenvalue weighted by Gasteiger charge is -2.33. The summed E-state index contributed by atoms with van der Waals surface area (Å²) in [4.78, 5) is 2.25. The van der Waals surface area contributed by atoms with Crippen molar-refractivity contribution in [1.29, 1.82) is 0 Å². The number of likely N-dealkylation sites (tertiary alicyclic amines) is 1. The fourth-order valence-corrected chi connectivity index (χ4v) is 2.50. The molecule has 1 atom stereocenters. The maximum absolute atomic E-state index is 13.7. The molecule has 0 aromatic heterocycles. The number of nitrogens with one attached hydrogen (secondary N) is 1. The van der Waals surface area contributed by atoms with Crippen LogP contribution in [0.5, 0.6) is 0 Å². The molecular formula is C14H21FN2O. The van der Waals surface area contributed by atoms with Gasteiger partial charge in [-0.1, -0.05) is 12.1 Å². The lowest BCUT2D eigenvalue weighted by molar-refractivity contribution is 0.194. The number of aliphatic hydroxyl groups excluding tert-OH is 1. The minimum absolute atomic E-state index is 0.0369. The van der Waals surface area contributed by atoms with Gasteiger partial charge >= 0.3 is 0 Å². The molecule has 4 heteroatoms. The Hall–Kier alpha value is -1.13. The zero-order valence-electron chi connectivity index (χ0n) is 10.8. The first-order valence-corrected chi connectivity index (χ1v) is 6.47. The predicted octanol–water partition coefficient (Wildman–Crippen LogP) is 2.08. The normalized spacial score (nSPS) is 25.7.